The third kappa shape index (κ3) is 4.44. The number of aliphatic hydroxyl groups is 1. The molecule has 0 radical (unpaired) electrons. The summed E-state index contributed by atoms with van der Waals surface area (Å²) in [7, 11) is 1.63. The molecule has 2 aromatic carbocycles. The molecule has 4 nitrogen and oxygen atoms in total. The molecule has 0 saturated heterocycles. The summed E-state index contributed by atoms with van der Waals surface area (Å²) in [6.45, 7) is 0.276. The SMILES string of the molecule is CNC(=O)c1ccccc1CCC(O)COc1cccc2c1CCCC2. The maximum absolute atomic E-state index is 11.9. The molecule has 0 aromatic heterocycles. The van der Waals surface area contributed by atoms with E-state index in [1.807, 2.05) is 36.4 Å². The molecule has 4 heteroatoms. The lowest BCUT2D eigenvalue weighted by Crippen LogP contribution is -2.22. The van der Waals surface area contributed by atoms with E-state index in [1.165, 1.54) is 24.0 Å². The standard InChI is InChI=1S/C22H27NO3/c1-23-22(25)20-11-5-3-8-17(20)13-14-18(24)15-26-21-12-6-9-16-7-2-4-10-19(16)21/h3,5-6,8-9,11-12,18,24H,2,4,7,10,13-15H2,1H3,(H,23,25). The first-order chi connectivity index (χ1) is 12.7. The number of carbonyl (C=O) groups is 1. The lowest BCUT2D eigenvalue weighted by atomic mass is 9.91. The molecule has 1 amide bonds. The van der Waals surface area contributed by atoms with E-state index in [-0.39, 0.29) is 12.5 Å². The van der Waals surface area contributed by atoms with Crippen LogP contribution in [-0.2, 0) is 19.3 Å². The van der Waals surface area contributed by atoms with Crippen molar-refractivity contribution < 1.29 is 14.6 Å². The molecule has 0 spiro atoms. The monoisotopic (exact) mass is 353 g/mol. The van der Waals surface area contributed by atoms with E-state index in [1.54, 1.807) is 7.05 Å². The number of amides is 1. The Hall–Kier alpha value is -2.33. The molecule has 0 heterocycles. The number of hydrogen-bond acceptors (Lipinski definition) is 3. The molecule has 0 saturated carbocycles. The number of hydrogen-bond donors (Lipinski definition) is 2. The summed E-state index contributed by atoms with van der Waals surface area (Å²) in [4.78, 5) is 11.9. The highest BCUT2D eigenvalue weighted by atomic mass is 16.5. The largest absolute Gasteiger partial charge is 0.491 e. The summed E-state index contributed by atoms with van der Waals surface area (Å²) in [6.07, 6.45) is 5.25. The topological polar surface area (TPSA) is 58.6 Å². The summed E-state index contributed by atoms with van der Waals surface area (Å²) in [5, 5.41) is 13.0. The van der Waals surface area contributed by atoms with Gasteiger partial charge in [-0.1, -0.05) is 30.3 Å². The van der Waals surface area contributed by atoms with E-state index in [9.17, 15) is 9.90 Å². The summed E-state index contributed by atoms with van der Waals surface area (Å²) in [5.41, 5.74) is 4.29. The molecule has 138 valence electrons. The van der Waals surface area contributed by atoms with Crippen LogP contribution in [0.3, 0.4) is 0 Å². The number of carbonyl (C=O) groups excluding carboxylic acids is 1. The van der Waals surface area contributed by atoms with Crippen molar-refractivity contribution in [1.29, 1.82) is 0 Å². The number of benzene rings is 2. The number of rotatable bonds is 7. The van der Waals surface area contributed by atoms with Crippen LogP contribution in [0.4, 0.5) is 0 Å². The first kappa shape index (κ1) is 18.5. The predicted octanol–water partition coefficient (Wildman–Crippen LogP) is 3.30. The Labute approximate surface area is 155 Å². The molecule has 1 unspecified atom stereocenters. The molecule has 0 aliphatic heterocycles. The molecular weight excluding hydrogens is 326 g/mol. The first-order valence-corrected chi connectivity index (χ1v) is 9.40. The molecule has 1 atom stereocenters. The summed E-state index contributed by atoms with van der Waals surface area (Å²) < 4.78 is 5.92. The quantitative estimate of drug-likeness (QED) is 0.803. The van der Waals surface area contributed by atoms with Crippen LogP contribution < -0.4 is 10.1 Å². The van der Waals surface area contributed by atoms with Crippen LogP contribution >= 0.6 is 0 Å². The van der Waals surface area contributed by atoms with Gasteiger partial charge in [-0.3, -0.25) is 4.79 Å². The number of aryl methyl sites for hydroxylation is 2. The van der Waals surface area contributed by atoms with Crippen LogP contribution in [-0.4, -0.2) is 30.8 Å². The van der Waals surface area contributed by atoms with Crippen LogP contribution in [0.1, 0.15) is 46.3 Å². The van der Waals surface area contributed by atoms with Crippen molar-refractivity contribution in [2.75, 3.05) is 13.7 Å². The van der Waals surface area contributed by atoms with Gasteiger partial charge in [0.25, 0.3) is 5.91 Å². The fourth-order valence-electron chi connectivity index (χ4n) is 3.57. The van der Waals surface area contributed by atoms with Gasteiger partial charge >= 0.3 is 0 Å². The van der Waals surface area contributed by atoms with Gasteiger partial charge < -0.3 is 15.2 Å². The zero-order chi connectivity index (χ0) is 18.4. The third-order valence-corrected chi connectivity index (χ3v) is 5.02. The highest BCUT2D eigenvalue weighted by molar-refractivity contribution is 5.95. The van der Waals surface area contributed by atoms with Gasteiger partial charge in [-0.05, 0) is 67.3 Å². The fraction of sp³-hybridized carbons (Fsp3) is 0.409. The molecular formula is C22H27NO3. The zero-order valence-corrected chi connectivity index (χ0v) is 15.3. The Morgan fingerprint density at radius 2 is 1.96 bits per heavy atom. The van der Waals surface area contributed by atoms with Crippen LogP contribution in [0.5, 0.6) is 5.75 Å². The lowest BCUT2D eigenvalue weighted by Gasteiger charge is -2.20. The van der Waals surface area contributed by atoms with Gasteiger partial charge in [-0.2, -0.15) is 0 Å². The number of aliphatic hydroxyl groups excluding tert-OH is 1. The molecule has 2 N–H and O–H groups in total. The van der Waals surface area contributed by atoms with Crippen molar-refractivity contribution in [2.24, 2.45) is 0 Å². The van der Waals surface area contributed by atoms with Gasteiger partial charge in [-0.15, -0.1) is 0 Å². The van der Waals surface area contributed by atoms with Crippen LogP contribution in [0.25, 0.3) is 0 Å². The average molecular weight is 353 g/mol. The molecule has 2 aromatic rings. The van der Waals surface area contributed by atoms with Crippen LogP contribution in [0, 0.1) is 0 Å². The second-order valence-corrected chi connectivity index (χ2v) is 6.84. The average Bonchev–Trinajstić information content (AvgIpc) is 2.70. The van der Waals surface area contributed by atoms with Crippen molar-refractivity contribution in [3.05, 3.63) is 64.7 Å². The van der Waals surface area contributed by atoms with E-state index in [0.717, 1.165) is 24.2 Å². The van der Waals surface area contributed by atoms with Gasteiger partial charge in [0.15, 0.2) is 0 Å². The van der Waals surface area contributed by atoms with Crippen molar-refractivity contribution in [2.45, 2.75) is 44.6 Å². The summed E-state index contributed by atoms with van der Waals surface area (Å²) in [5.74, 6) is 0.814. The number of ether oxygens (including phenoxy) is 1. The second-order valence-electron chi connectivity index (χ2n) is 6.84. The first-order valence-electron chi connectivity index (χ1n) is 9.40. The van der Waals surface area contributed by atoms with Crippen molar-refractivity contribution in [3.8, 4) is 5.75 Å². The van der Waals surface area contributed by atoms with Crippen molar-refractivity contribution in [1.82, 2.24) is 5.32 Å². The smallest absolute Gasteiger partial charge is 0.251 e. The Kier molecular flexibility index (Phi) is 6.29. The molecule has 0 bridgehead atoms. The van der Waals surface area contributed by atoms with Crippen molar-refractivity contribution >= 4 is 5.91 Å². The molecule has 3 rings (SSSR count). The van der Waals surface area contributed by atoms with E-state index in [2.05, 4.69) is 11.4 Å². The molecule has 1 aliphatic carbocycles. The van der Waals surface area contributed by atoms with Gasteiger partial charge in [0.1, 0.15) is 12.4 Å². The Balaban J connectivity index is 1.56. The maximum atomic E-state index is 11.9. The fourth-order valence-corrected chi connectivity index (χ4v) is 3.57. The molecule has 26 heavy (non-hydrogen) atoms. The number of nitrogens with one attached hydrogen (secondary N) is 1. The van der Waals surface area contributed by atoms with E-state index in [4.69, 9.17) is 4.74 Å². The van der Waals surface area contributed by atoms with Gasteiger partial charge in [0.2, 0.25) is 0 Å². The van der Waals surface area contributed by atoms with Crippen LogP contribution in [0.15, 0.2) is 42.5 Å². The second kappa shape index (κ2) is 8.86. The van der Waals surface area contributed by atoms with E-state index < -0.39 is 6.10 Å². The van der Waals surface area contributed by atoms with E-state index in [0.29, 0.717) is 18.4 Å². The van der Waals surface area contributed by atoms with Crippen molar-refractivity contribution in [3.63, 3.8) is 0 Å². The highest BCUT2D eigenvalue weighted by Crippen LogP contribution is 2.29. The minimum atomic E-state index is -0.563. The predicted molar refractivity (Wildman–Crippen MR) is 103 cm³/mol. The Morgan fingerprint density at radius 1 is 1.15 bits per heavy atom. The van der Waals surface area contributed by atoms with Gasteiger partial charge in [0, 0.05) is 12.6 Å². The summed E-state index contributed by atoms with van der Waals surface area (Å²) >= 11 is 0. The van der Waals surface area contributed by atoms with Gasteiger partial charge in [0.05, 0.1) is 6.10 Å². The Bertz CT molecular complexity index is 757. The lowest BCUT2D eigenvalue weighted by molar-refractivity contribution is 0.0953. The molecule has 1 aliphatic rings. The van der Waals surface area contributed by atoms with Crippen LogP contribution in [0.2, 0.25) is 0 Å². The van der Waals surface area contributed by atoms with Gasteiger partial charge in [-0.25, -0.2) is 0 Å². The van der Waals surface area contributed by atoms with E-state index >= 15 is 0 Å². The minimum Gasteiger partial charge on any atom is -0.491 e. The maximum Gasteiger partial charge on any atom is 0.251 e. The normalized spacial score (nSPS) is 14.4. The zero-order valence-electron chi connectivity index (χ0n) is 15.3. The minimum absolute atomic E-state index is 0.0951. The molecule has 0 fully saturated rings. The third-order valence-electron chi connectivity index (χ3n) is 5.02. The highest BCUT2D eigenvalue weighted by Gasteiger charge is 2.16. The number of fused-ring (bicyclic) bond motifs is 1. The summed E-state index contributed by atoms with van der Waals surface area (Å²) in [6, 6.07) is 13.7. The Morgan fingerprint density at radius 3 is 2.81 bits per heavy atom.